The molecule has 2 aromatic carbocycles. The second-order valence-electron chi connectivity index (χ2n) is 8.38. The minimum absolute atomic E-state index is 0.0365. The summed E-state index contributed by atoms with van der Waals surface area (Å²) < 4.78 is 22.5. The Hall–Kier alpha value is -3.48. The predicted octanol–water partition coefficient (Wildman–Crippen LogP) is 4.51. The van der Waals surface area contributed by atoms with Crippen molar-refractivity contribution < 1.29 is 28.5 Å². The molecule has 7 heteroatoms. The second kappa shape index (κ2) is 10.2. The molecule has 2 aromatic rings. The molecule has 7 nitrogen and oxygen atoms in total. The summed E-state index contributed by atoms with van der Waals surface area (Å²) in [7, 11) is 3.19. The molecular formula is C27H31NO6. The van der Waals surface area contributed by atoms with E-state index in [0.717, 1.165) is 11.1 Å². The Morgan fingerprint density at radius 3 is 2.35 bits per heavy atom. The van der Waals surface area contributed by atoms with Crippen molar-refractivity contribution in [1.29, 1.82) is 0 Å². The van der Waals surface area contributed by atoms with Gasteiger partial charge in [0.25, 0.3) is 0 Å². The summed E-state index contributed by atoms with van der Waals surface area (Å²) in [5, 5.41) is 2.98. The first kappa shape index (κ1) is 23.7. The largest absolute Gasteiger partial charge is 0.493 e. The topological polar surface area (TPSA) is 83.1 Å². The summed E-state index contributed by atoms with van der Waals surface area (Å²) in [6, 6.07) is 11.4. The van der Waals surface area contributed by atoms with E-state index in [1.165, 1.54) is 0 Å². The molecule has 1 aliphatic carbocycles. The van der Waals surface area contributed by atoms with Crippen molar-refractivity contribution in [2.75, 3.05) is 27.4 Å². The molecule has 34 heavy (non-hydrogen) atoms. The van der Waals surface area contributed by atoms with Crippen molar-refractivity contribution in [1.82, 2.24) is 5.32 Å². The highest BCUT2D eigenvalue weighted by Gasteiger charge is 2.39. The molecule has 0 bridgehead atoms. The van der Waals surface area contributed by atoms with Gasteiger partial charge >= 0.3 is 0 Å². The van der Waals surface area contributed by atoms with E-state index < -0.39 is 0 Å². The molecule has 1 aliphatic heterocycles. The number of rotatable bonds is 8. The van der Waals surface area contributed by atoms with Gasteiger partial charge in [-0.25, -0.2) is 0 Å². The molecule has 1 amide bonds. The maximum Gasteiger partial charge on any atom is 0.225 e. The summed E-state index contributed by atoms with van der Waals surface area (Å²) in [6.07, 6.45) is 1.12. The quantitative estimate of drug-likeness (QED) is 0.618. The van der Waals surface area contributed by atoms with Crippen LogP contribution < -0.4 is 24.3 Å². The summed E-state index contributed by atoms with van der Waals surface area (Å²) in [5.74, 6) is 1.98. The van der Waals surface area contributed by atoms with Gasteiger partial charge in [-0.2, -0.15) is 0 Å². The van der Waals surface area contributed by atoms with Crippen molar-refractivity contribution in [2.24, 2.45) is 0 Å². The number of hydrogen-bond donors (Lipinski definition) is 1. The average molecular weight is 466 g/mol. The van der Waals surface area contributed by atoms with Gasteiger partial charge in [-0.15, -0.1) is 0 Å². The van der Waals surface area contributed by atoms with Crippen LogP contribution in [0.3, 0.4) is 0 Å². The summed E-state index contributed by atoms with van der Waals surface area (Å²) in [4.78, 5) is 26.2. The smallest absolute Gasteiger partial charge is 0.225 e. The molecule has 0 radical (unpaired) electrons. The van der Waals surface area contributed by atoms with Crippen molar-refractivity contribution in [2.45, 2.75) is 44.9 Å². The lowest BCUT2D eigenvalue weighted by Crippen LogP contribution is -2.38. The van der Waals surface area contributed by atoms with Gasteiger partial charge < -0.3 is 24.3 Å². The van der Waals surface area contributed by atoms with Gasteiger partial charge in [-0.05, 0) is 49.9 Å². The summed E-state index contributed by atoms with van der Waals surface area (Å²) in [6.45, 7) is 4.81. The van der Waals surface area contributed by atoms with Crippen LogP contribution in [-0.4, -0.2) is 39.1 Å². The van der Waals surface area contributed by atoms with Crippen molar-refractivity contribution in [3.8, 4) is 23.0 Å². The first-order valence-electron chi connectivity index (χ1n) is 11.7. The number of benzene rings is 2. The molecular weight excluding hydrogens is 434 g/mol. The number of Topliss-reactive ketones (excluding diaryl/α,β-unsaturated/α-hetero) is 1. The molecule has 1 heterocycles. The van der Waals surface area contributed by atoms with E-state index >= 15 is 0 Å². The van der Waals surface area contributed by atoms with E-state index in [1.807, 2.05) is 50.2 Å². The zero-order valence-electron chi connectivity index (χ0n) is 20.1. The number of nitrogens with one attached hydrogen (secondary N) is 1. The molecule has 180 valence electrons. The summed E-state index contributed by atoms with van der Waals surface area (Å²) in [5.41, 5.74) is 3.15. The number of hydrogen-bond acceptors (Lipinski definition) is 6. The van der Waals surface area contributed by atoms with Crippen LogP contribution in [0.2, 0.25) is 0 Å². The van der Waals surface area contributed by atoms with Crippen molar-refractivity contribution in [3.05, 3.63) is 58.8 Å². The Bertz CT molecular complexity index is 1120. The third-order valence-electron chi connectivity index (χ3n) is 6.39. The Kier molecular flexibility index (Phi) is 7.10. The number of para-hydroxylation sites is 1. The monoisotopic (exact) mass is 465 g/mol. The van der Waals surface area contributed by atoms with Crippen LogP contribution >= 0.6 is 0 Å². The SMILES string of the molecule is CCOc1ccc(C2CC(=O)C3=C(C2)NC(=O)CC3c2cccc(OC)c2OCC)cc1OC. The van der Waals surface area contributed by atoms with E-state index in [4.69, 9.17) is 18.9 Å². The standard InChI is InChI=1S/C27H31NO6/c1-5-33-22-11-10-16(14-24(22)32-4)17-12-20-26(21(29)13-17)19(15-25(30)28-20)18-8-7-9-23(31-3)27(18)34-6-2/h7-11,14,17,19H,5-6,12-13,15H2,1-4H3,(H,28,30). The van der Waals surface area contributed by atoms with Crippen LogP contribution in [0.1, 0.15) is 56.1 Å². The molecule has 0 saturated heterocycles. The van der Waals surface area contributed by atoms with E-state index in [2.05, 4.69) is 5.32 Å². The lowest BCUT2D eigenvalue weighted by molar-refractivity contribution is -0.122. The fraction of sp³-hybridized carbons (Fsp3) is 0.407. The number of amides is 1. The summed E-state index contributed by atoms with van der Waals surface area (Å²) >= 11 is 0. The average Bonchev–Trinajstić information content (AvgIpc) is 2.84. The lowest BCUT2D eigenvalue weighted by Gasteiger charge is -2.35. The molecule has 0 saturated carbocycles. The van der Waals surface area contributed by atoms with Gasteiger partial charge in [0.15, 0.2) is 28.8 Å². The Balaban J connectivity index is 1.72. The number of ether oxygens (including phenoxy) is 4. The Labute approximate surface area is 200 Å². The zero-order chi connectivity index (χ0) is 24.2. The van der Waals surface area contributed by atoms with Crippen LogP contribution in [0.5, 0.6) is 23.0 Å². The molecule has 4 rings (SSSR count). The normalized spacial score (nSPS) is 19.9. The van der Waals surface area contributed by atoms with Gasteiger partial charge in [0.1, 0.15) is 0 Å². The third kappa shape index (κ3) is 4.47. The van der Waals surface area contributed by atoms with Crippen LogP contribution in [0.15, 0.2) is 47.7 Å². The highest BCUT2D eigenvalue weighted by molar-refractivity contribution is 6.02. The number of ketones is 1. The van der Waals surface area contributed by atoms with Crippen LogP contribution in [0.25, 0.3) is 0 Å². The van der Waals surface area contributed by atoms with E-state index in [1.54, 1.807) is 14.2 Å². The predicted molar refractivity (Wildman–Crippen MR) is 128 cm³/mol. The lowest BCUT2D eigenvalue weighted by atomic mass is 9.73. The van der Waals surface area contributed by atoms with Crippen molar-refractivity contribution in [3.63, 3.8) is 0 Å². The van der Waals surface area contributed by atoms with E-state index in [9.17, 15) is 9.59 Å². The third-order valence-corrected chi connectivity index (χ3v) is 6.39. The maximum atomic E-state index is 13.5. The second-order valence-corrected chi connectivity index (χ2v) is 8.38. The molecule has 0 aromatic heterocycles. The number of allylic oxidation sites excluding steroid dienone is 2. The highest BCUT2D eigenvalue weighted by atomic mass is 16.5. The van der Waals surface area contributed by atoms with Gasteiger partial charge in [-0.3, -0.25) is 9.59 Å². The zero-order valence-corrected chi connectivity index (χ0v) is 20.1. The maximum absolute atomic E-state index is 13.5. The number of carbonyl (C=O) groups excluding carboxylic acids is 2. The van der Waals surface area contributed by atoms with Crippen LogP contribution in [0.4, 0.5) is 0 Å². The fourth-order valence-electron chi connectivity index (χ4n) is 4.94. The first-order valence-corrected chi connectivity index (χ1v) is 11.7. The van der Waals surface area contributed by atoms with Gasteiger partial charge in [0.05, 0.1) is 27.4 Å². The van der Waals surface area contributed by atoms with E-state index in [-0.39, 0.29) is 29.9 Å². The van der Waals surface area contributed by atoms with Gasteiger partial charge in [0, 0.05) is 35.6 Å². The van der Waals surface area contributed by atoms with Gasteiger partial charge in [0.2, 0.25) is 5.91 Å². The first-order chi connectivity index (χ1) is 16.5. The molecule has 2 atom stereocenters. The highest BCUT2D eigenvalue weighted by Crippen LogP contribution is 2.47. The van der Waals surface area contributed by atoms with Crippen molar-refractivity contribution >= 4 is 11.7 Å². The Morgan fingerprint density at radius 1 is 0.882 bits per heavy atom. The van der Waals surface area contributed by atoms with E-state index in [0.29, 0.717) is 60.3 Å². The number of carbonyl (C=O) groups is 2. The van der Waals surface area contributed by atoms with Crippen LogP contribution in [0, 0.1) is 0 Å². The molecule has 0 fully saturated rings. The molecule has 2 aliphatic rings. The molecule has 0 spiro atoms. The van der Waals surface area contributed by atoms with Crippen LogP contribution in [-0.2, 0) is 9.59 Å². The Morgan fingerprint density at radius 2 is 1.65 bits per heavy atom. The van der Waals surface area contributed by atoms with Gasteiger partial charge in [-0.1, -0.05) is 18.2 Å². The molecule has 2 unspecified atom stereocenters. The molecule has 1 N–H and O–H groups in total. The minimum atomic E-state index is -0.372. The minimum Gasteiger partial charge on any atom is -0.493 e. The fourth-order valence-corrected chi connectivity index (χ4v) is 4.94. The number of methoxy groups -OCH3 is 2.